The Hall–Kier alpha value is -1.55. The molecule has 0 spiro atoms. The van der Waals surface area contributed by atoms with E-state index in [1.54, 1.807) is 6.92 Å². The van der Waals surface area contributed by atoms with Gasteiger partial charge < -0.3 is 5.32 Å². The fraction of sp³-hybridized carbons (Fsp3) is 0.364. The first-order chi connectivity index (χ1) is 9.76. The van der Waals surface area contributed by atoms with Crippen molar-refractivity contribution < 1.29 is 18.1 Å². The number of aryl methyl sites for hydroxylation is 1. The lowest BCUT2D eigenvalue weighted by Gasteiger charge is -2.08. The number of rotatable bonds is 5. The lowest BCUT2D eigenvalue weighted by molar-refractivity contribution is -0.383. The first kappa shape index (κ1) is 15.8. The summed E-state index contributed by atoms with van der Waals surface area (Å²) in [5, 5.41) is 14.5. The van der Waals surface area contributed by atoms with Gasteiger partial charge in [-0.25, -0.2) is 4.98 Å². The summed E-state index contributed by atoms with van der Waals surface area (Å²) in [5.74, 6) is -0.227. The summed E-state index contributed by atoms with van der Waals surface area (Å²) in [5.41, 5.74) is -3.69. The molecule has 1 aromatic heterocycles. The summed E-state index contributed by atoms with van der Waals surface area (Å²) < 4.78 is 36.7. The van der Waals surface area contributed by atoms with Crippen LogP contribution in [-0.4, -0.2) is 27.7 Å². The van der Waals surface area contributed by atoms with Gasteiger partial charge in [-0.1, -0.05) is 0 Å². The van der Waals surface area contributed by atoms with E-state index in [2.05, 4.69) is 10.3 Å². The number of anilines is 1. The third kappa shape index (κ3) is 4.21. The van der Waals surface area contributed by atoms with Crippen molar-refractivity contribution in [1.82, 2.24) is 4.98 Å². The molecular formula is C11H10F3N3O2S2. The number of nitro benzene ring substituents is 1. The topological polar surface area (TPSA) is 68.1 Å². The number of halogens is 3. The van der Waals surface area contributed by atoms with Crippen LogP contribution < -0.4 is 5.32 Å². The van der Waals surface area contributed by atoms with Crippen LogP contribution >= 0.6 is 23.1 Å². The van der Waals surface area contributed by atoms with Gasteiger partial charge in [0.15, 0.2) is 0 Å². The zero-order chi connectivity index (χ0) is 15.6. The quantitative estimate of drug-likeness (QED) is 0.504. The Morgan fingerprint density at radius 1 is 1.48 bits per heavy atom. The van der Waals surface area contributed by atoms with E-state index in [9.17, 15) is 23.3 Å². The van der Waals surface area contributed by atoms with E-state index in [4.69, 9.17) is 0 Å². The molecule has 5 nitrogen and oxygen atoms in total. The van der Waals surface area contributed by atoms with Crippen LogP contribution in [0, 0.1) is 17.0 Å². The van der Waals surface area contributed by atoms with Gasteiger partial charge in [0.05, 0.1) is 20.1 Å². The average molecular weight is 337 g/mol. The molecule has 2 aromatic rings. The number of thiazole rings is 1. The van der Waals surface area contributed by atoms with E-state index in [1.165, 1.54) is 23.5 Å². The molecule has 0 aliphatic heterocycles. The fourth-order valence-corrected chi connectivity index (χ4v) is 3.00. The Morgan fingerprint density at radius 2 is 2.19 bits per heavy atom. The minimum atomic E-state index is -4.30. The van der Waals surface area contributed by atoms with Crippen molar-refractivity contribution in [2.24, 2.45) is 0 Å². The standard InChI is InChI=1S/C11H10F3N3O2S2/c1-6-16-8-4-7(15-2-3-20-11(12,13)14)9(17(18)19)5-10(8)21-6/h4-5,15H,2-3H2,1H3. The van der Waals surface area contributed by atoms with Gasteiger partial charge in [-0.15, -0.1) is 11.3 Å². The van der Waals surface area contributed by atoms with E-state index in [1.807, 2.05) is 0 Å². The van der Waals surface area contributed by atoms with Gasteiger partial charge in [-0.05, 0) is 24.8 Å². The van der Waals surface area contributed by atoms with Gasteiger partial charge in [-0.2, -0.15) is 13.2 Å². The molecule has 0 saturated heterocycles. The van der Waals surface area contributed by atoms with E-state index < -0.39 is 10.4 Å². The van der Waals surface area contributed by atoms with Crippen molar-refractivity contribution in [1.29, 1.82) is 0 Å². The number of hydrogen-bond acceptors (Lipinski definition) is 6. The second-order valence-electron chi connectivity index (χ2n) is 4.05. The summed E-state index contributed by atoms with van der Waals surface area (Å²) in [6.45, 7) is 1.75. The minimum Gasteiger partial charge on any atom is -0.379 e. The molecule has 1 heterocycles. The maximum Gasteiger partial charge on any atom is 0.441 e. The van der Waals surface area contributed by atoms with Crippen LogP contribution in [0.3, 0.4) is 0 Å². The van der Waals surface area contributed by atoms with Gasteiger partial charge in [0.25, 0.3) is 5.69 Å². The van der Waals surface area contributed by atoms with E-state index in [0.29, 0.717) is 10.2 Å². The van der Waals surface area contributed by atoms with E-state index in [0.717, 1.165) is 5.01 Å². The first-order valence-electron chi connectivity index (χ1n) is 5.76. The van der Waals surface area contributed by atoms with Crippen molar-refractivity contribution in [3.63, 3.8) is 0 Å². The lowest BCUT2D eigenvalue weighted by atomic mass is 10.2. The molecule has 21 heavy (non-hydrogen) atoms. The lowest BCUT2D eigenvalue weighted by Crippen LogP contribution is -2.10. The third-order valence-corrected chi connectivity index (χ3v) is 4.16. The molecule has 0 amide bonds. The molecular weight excluding hydrogens is 327 g/mol. The molecule has 2 rings (SSSR count). The molecule has 0 bridgehead atoms. The Bertz CT molecular complexity index is 673. The van der Waals surface area contributed by atoms with Crippen molar-refractivity contribution >= 4 is 44.7 Å². The van der Waals surface area contributed by atoms with Crippen LogP contribution in [0.5, 0.6) is 0 Å². The van der Waals surface area contributed by atoms with Crippen LogP contribution in [0.2, 0.25) is 0 Å². The number of fused-ring (bicyclic) bond motifs is 1. The van der Waals surface area contributed by atoms with Crippen LogP contribution in [0.1, 0.15) is 5.01 Å². The van der Waals surface area contributed by atoms with E-state index in [-0.39, 0.29) is 35.4 Å². The molecule has 0 atom stereocenters. The molecule has 114 valence electrons. The summed E-state index contributed by atoms with van der Waals surface area (Å²) in [4.78, 5) is 14.7. The van der Waals surface area contributed by atoms with Gasteiger partial charge in [-0.3, -0.25) is 10.1 Å². The average Bonchev–Trinajstić information content (AvgIpc) is 2.71. The van der Waals surface area contributed by atoms with Crippen molar-refractivity contribution in [2.75, 3.05) is 17.6 Å². The molecule has 0 saturated carbocycles. The predicted molar refractivity (Wildman–Crippen MR) is 78.0 cm³/mol. The highest BCUT2D eigenvalue weighted by molar-refractivity contribution is 8.00. The molecule has 1 aromatic carbocycles. The van der Waals surface area contributed by atoms with Gasteiger partial charge in [0.2, 0.25) is 0 Å². The maximum atomic E-state index is 12.0. The summed E-state index contributed by atoms with van der Waals surface area (Å²) in [6.07, 6.45) is 0. The fourth-order valence-electron chi connectivity index (χ4n) is 1.72. The van der Waals surface area contributed by atoms with Crippen molar-refractivity contribution in [2.45, 2.75) is 12.4 Å². The Labute approximate surface area is 125 Å². The number of benzene rings is 1. The number of nitrogens with one attached hydrogen (secondary N) is 1. The van der Waals surface area contributed by atoms with Gasteiger partial charge in [0, 0.05) is 18.4 Å². The summed E-state index contributed by atoms with van der Waals surface area (Å²) in [7, 11) is 0. The Morgan fingerprint density at radius 3 is 2.81 bits per heavy atom. The number of thioether (sulfide) groups is 1. The second kappa shape index (κ2) is 6.06. The van der Waals surface area contributed by atoms with Crippen LogP contribution in [-0.2, 0) is 0 Å². The number of hydrogen-bond donors (Lipinski definition) is 1. The molecule has 1 N–H and O–H groups in total. The molecule has 0 unspecified atom stereocenters. The highest BCUT2D eigenvalue weighted by atomic mass is 32.2. The van der Waals surface area contributed by atoms with Crippen molar-refractivity contribution in [3.05, 3.63) is 27.3 Å². The SMILES string of the molecule is Cc1nc2cc(NCCSC(F)(F)F)c([N+](=O)[O-])cc2s1. The zero-order valence-corrected chi connectivity index (χ0v) is 12.4. The Balaban J connectivity index is 2.17. The number of alkyl halides is 3. The molecule has 0 aliphatic carbocycles. The first-order valence-corrected chi connectivity index (χ1v) is 7.56. The molecule has 0 radical (unpaired) electrons. The van der Waals surface area contributed by atoms with Crippen LogP contribution in [0.4, 0.5) is 24.5 Å². The highest BCUT2D eigenvalue weighted by Crippen LogP contribution is 2.33. The number of nitrogens with zero attached hydrogens (tertiary/aromatic N) is 2. The van der Waals surface area contributed by atoms with Crippen LogP contribution in [0.15, 0.2) is 12.1 Å². The number of nitro groups is 1. The monoisotopic (exact) mass is 337 g/mol. The number of aromatic nitrogens is 1. The summed E-state index contributed by atoms with van der Waals surface area (Å²) >= 11 is 1.16. The molecule has 10 heteroatoms. The van der Waals surface area contributed by atoms with Crippen molar-refractivity contribution in [3.8, 4) is 0 Å². The minimum absolute atomic E-state index is 0.0281. The second-order valence-corrected chi connectivity index (χ2v) is 6.44. The largest absolute Gasteiger partial charge is 0.441 e. The normalized spacial score (nSPS) is 11.8. The van der Waals surface area contributed by atoms with Crippen LogP contribution in [0.25, 0.3) is 10.2 Å². The molecule has 0 fully saturated rings. The third-order valence-electron chi connectivity index (χ3n) is 2.49. The van der Waals surface area contributed by atoms with Gasteiger partial charge in [0.1, 0.15) is 5.69 Å². The Kier molecular flexibility index (Phi) is 4.57. The summed E-state index contributed by atoms with van der Waals surface area (Å²) in [6, 6.07) is 2.88. The zero-order valence-electron chi connectivity index (χ0n) is 10.7. The smallest absolute Gasteiger partial charge is 0.379 e. The van der Waals surface area contributed by atoms with E-state index >= 15 is 0 Å². The van der Waals surface area contributed by atoms with Gasteiger partial charge >= 0.3 is 5.51 Å². The molecule has 0 aliphatic rings. The predicted octanol–water partition coefficient (Wildman–Crippen LogP) is 4.18. The highest BCUT2D eigenvalue weighted by Gasteiger charge is 2.27. The maximum absolute atomic E-state index is 12.0.